The first kappa shape index (κ1) is 27.7. The third-order valence-corrected chi connectivity index (χ3v) is 8.67. The SMILES string of the molecule is CCCC1C(CC)C1CC(Oc1nc(-c2ccccc2)[nH]c(=O)c1-c1ccccc1)c1ccnc2ccc(OC)cc12. The Bertz CT molecular complexity index is 1720. The summed E-state index contributed by atoms with van der Waals surface area (Å²) in [6.45, 7) is 4.55. The Morgan fingerprint density at radius 3 is 2.31 bits per heavy atom. The Morgan fingerprint density at radius 2 is 1.62 bits per heavy atom. The lowest BCUT2D eigenvalue weighted by Crippen LogP contribution is -2.18. The Hall–Kier alpha value is -4.45. The number of nitrogens with zero attached hydrogens (tertiary/aromatic N) is 2. The Kier molecular flexibility index (Phi) is 8.04. The van der Waals surface area contributed by atoms with Crippen molar-refractivity contribution in [3.8, 4) is 34.1 Å². The van der Waals surface area contributed by atoms with Crippen molar-refractivity contribution in [2.75, 3.05) is 7.11 Å². The molecule has 0 amide bonds. The fraction of sp³-hybridized carbons (Fsp3) is 0.306. The molecule has 42 heavy (non-hydrogen) atoms. The van der Waals surface area contributed by atoms with E-state index in [0.717, 1.165) is 46.2 Å². The quantitative estimate of drug-likeness (QED) is 0.176. The van der Waals surface area contributed by atoms with Crippen LogP contribution >= 0.6 is 0 Å². The molecule has 4 unspecified atom stereocenters. The van der Waals surface area contributed by atoms with Crippen molar-refractivity contribution in [3.63, 3.8) is 0 Å². The smallest absolute Gasteiger partial charge is 0.262 e. The van der Waals surface area contributed by atoms with E-state index in [4.69, 9.17) is 14.5 Å². The molecule has 3 aromatic carbocycles. The molecule has 1 N–H and O–H groups in total. The molecular formula is C36H37N3O3. The average molecular weight is 560 g/mol. The van der Waals surface area contributed by atoms with Crippen molar-refractivity contribution in [1.29, 1.82) is 0 Å². The fourth-order valence-corrected chi connectivity index (χ4v) is 6.55. The summed E-state index contributed by atoms with van der Waals surface area (Å²) in [5.41, 5.74) is 3.70. The summed E-state index contributed by atoms with van der Waals surface area (Å²) in [4.78, 5) is 26.3. The van der Waals surface area contributed by atoms with Gasteiger partial charge in [0.25, 0.3) is 5.56 Å². The second-order valence-corrected chi connectivity index (χ2v) is 11.1. The van der Waals surface area contributed by atoms with E-state index in [9.17, 15) is 4.79 Å². The molecule has 1 saturated carbocycles. The minimum Gasteiger partial charge on any atom is -0.497 e. The van der Waals surface area contributed by atoms with Crippen molar-refractivity contribution in [2.24, 2.45) is 17.8 Å². The highest BCUT2D eigenvalue weighted by Gasteiger charge is 2.48. The second kappa shape index (κ2) is 12.2. The van der Waals surface area contributed by atoms with E-state index < -0.39 is 0 Å². The maximum Gasteiger partial charge on any atom is 0.262 e. The molecule has 6 rings (SSSR count). The molecule has 1 fully saturated rings. The summed E-state index contributed by atoms with van der Waals surface area (Å²) in [5.74, 6) is 3.50. The van der Waals surface area contributed by atoms with Gasteiger partial charge in [-0.2, -0.15) is 4.98 Å². The van der Waals surface area contributed by atoms with Crippen molar-refractivity contribution in [3.05, 3.63) is 107 Å². The standard InChI is InChI=1S/C36H37N3O3/c1-4-12-27-26(5-2)29(27)22-32(28-19-20-37-31-18-17-25(41-3)21-30(28)31)42-36-33(23-13-8-6-9-14-23)35(40)38-34(39-36)24-15-10-7-11-16-24/h6-11,13-21,26-27,29,32H,4-5,12,22H2,1-3H3,(H,38,39,40). The second-order valence-electron chi connectivity index (χ2n) is 11.1. The van der Waals surface area contributed by atoms with E-state index in [0.29, 0.717) is 35.0 Å². The van der Waals surface area contributed by atoms with Gasteiger partial charge in [0, 0.05) is 22.7 Å². The highest BCUT2D eigenvalue weighted by atomic mass is 16.5. The van der Waals surface area contributed by atoms with Crippen LogP contribution in [0.1, 0.15) is 51.2 Å². The number of fused-ring (bicyclic) bond motifs is 1. The Labute approximate surface area is 246 Å². The van der Waals surface area contributed by atoms with Gasteiger partial charge in [0.05, 0.1) is 12.6 Å². The number of nitrogens with one attached hydrogen (secondary N) is 1. The Morgan fingerprint density at radius 1 is 0.881 bits per heavy atom. The zero-order valence-electron chi connectivity index (χ0n) is 24.4. The lowest BCUT2D eigenvalue weighted by Gasteiger charge is -2.23. The van der Waals surface area contributed by atoms with Crippen LogP contribution in [0.4, 0.5) is 0 Å². The molecule has 1 aliphatic carbocycles. The highest BCUT2D eigenvalue weighted by Crippen LogP contribution is 2.56. The van der Waals surface area contributed by atoms with Crippen LogP contribution in [0.3, 0.4) is 0 Å². The van der Waals surface area contributed by atoms with Crippen LogP contribution in [-0.4, -0.2) is 22.1 Å². The number of rotatable bonds is 11. The molecule has 2 aromatic heterocycles. The van der Waals surface area contributed by atoms with Crippen molar-refractivity contribution in [2.45, 2.75) is 45.6 Å². The molecule has 0 spiro atoms. The molecule has 0 aliphatic heterocycles. The number of aromatic amines is 1. The summed E-state index contributed by atoms with van der Waals surface area (Å²) in [6.07, 6.45) is 5.90. The molecular weight excluding hydrogens is 522 g/mol. The van der Waals surface area contributed by atoms with Gasteiger partial charge >= 0.3 is 0 Å². The predicted octanol–water partition coefficient (Wildman–Crippen LogP) is 8.24. The molecule has 1 aliphatic rings. The van der Waals surface area contributed by atoms with E-state index >= 15 is 0 Å². The van der Waals surface area contributed by atoms with Gasteiger partial charge in [-0.25, -0.2) is 0 Å². The maximum atomic E-state index is 13.7. The predicted molar refractivity (Wildman–Crippen MR) is 168 cm³/mol. The topological polar surface area (TPSA) is 77.1 Å². The van der Waals surface area contributed by atoms with E-state index in [2.05, 4.69) is 23.8 Å². The summed E-state index contributed by atoms with van der Waals surface area (Å²) in [5, 5.41) is 0.983. The van der Waals surface area contributed by atoms with Gasteiger partial charge < -0.3 is 14.5 Å². The number of H-pyrrole nitrogens is 1. The van der Waals surface area contributed by atoms with E-state index in [-0.39, 0.29) is 11.7 Å². The number of aromatic nitrogens is 3. The van der Waals surface area contributed by atoms with E-state index in [1.54, 1.807) is 7.11 Å². The molecule has 2 heterocycles. The first-order chi connectivity index (χ1) is 20.6. The van der Waals surface area contributed by atoms with Gasteiger partial charge in [-0.05, 0) is 54.0 Å². The highest BCUT2D eigenvalue weighted by molar-refractivity contribution is 5.84. The van der Waals surface area contributed by atoms with Crippen LogP contribution in [0.5, 0.6) is 11.6 Å². The van der Waals surface area contributed by atoms with Crippen molar-refractivity contribution >= 4 is 10.9 Å². The van der Waals surface area contributed by atoms with E-state index in [1.165, 1.54) is 12.8 Å². The van der Waals surface area contributed by atoms with Gasteiger partial charge in [-0.15, -0.1) is 0 Å². The minimum absolute atomic E-state index is 0.230. The lowest BCUT2D eigenvalue weighted by atomic mass is 9.98. The molecule has 0 bridgehead atoms. The monoisotopic (exact) mass is 559 g/mol. The number of pyridine rings is 1. The molecule has 214 valence electrons. The molecule has 5 aromatic rings. The molecule has 6 heteroatoms. The number of hydrogen-bond donors (Lipinski definition) is 1. The zero-order chi connectivity index (χ0) is 29.1. The first-order valence-corrected chi connectivity index (χ1v) is 15.0. The average Bonchev–Trinajstić information content (AvgIpc) is 3.70. The summed E-state index contributed by atoms with van der Waals surface area (Å²) < 4.78 is 12.6. The van der Waals surface area contributed by atoms with Crippen LogP contribution in [0.2, 0.25) is 0 Å². The van der Waals surface area contributed by atoms with Gasteiger partial charge in [0.1, 0.15) is 23.2 Å². The number of methoxy groups -OCH3 is 1. The summed E-state index contributed by atoms with van der Waals surface area (Å²) in [6, 6.07) is 27.3. The van der Waals surface area contributed by atoms with Crippen molar-refractivity contribution < 1.29 is 9.47 Å². The normalized spacial score (nSPS) is 18.5. The van der Waals surface area contributed by atoms with Crippen LogP contribution in [0.25, 0.3) is 33.4 Å². The van der Waals surface area contributed by atoms with Gasteiger partial charge in [-0.1, -0.05) is 93.8 Å². The maximum absolute atomic E-state index is 13.7. The third kappa shape index (κ3) is 5.54. The van der Waals surface area contributed by atoms with Crippen LogP contribution in [-0.2, 0) is 0 Å². The summed E-state index contributed by atoms with van der Waals surface area (Å²) in [7, 11) is 1.67. The first-order valence-electron chi connectivity index (χ1n) is 15.0. The van der Waals surface area contributed by atoms with Gasteiger partial charge in [0.2, 0.25) is 5.88 Å². The Balaban J connectivity index is 1.50. The molecule has 6 nitrogen and oxygen atoms in total. The van der Waals surface area contributed by atoms with Crippen LogP contribution < -0.4 is 15.0 Å². The van der Waals surface area contributed by atoms with Gasteiger partial charge in [-0.3, -0.25) is 9.78 Å². The van der Waals surface area contributed by atoms with Crippen LogP contribution in [0, 0.1) is 17.8 Å². The molecule has 4 atom stereocenters. The lowest BCUT2D eigenvalue weighted by molar-refractivity contribution is 0.177. The van der Waals surface area contributed by atoms with Crippen molar-refractivity contribution in [1.82, 2.24) is 15.0 Å². The third-order valence-electron chi connectivity index (χ3n) is 8.67. The molecule has 0 radical (unpaired) electrons. The van der Waals surface area contributed by atoms with E-state index in [1.807, 2.05) is 91.1 Å². The summed E-state index contributed by atoms with van der Waals surface area (Å²) >= 11 is 0. The zero-order valence-corrected chi connectivity index (χ0v) is 24.4. The minimum atomic E-state index is -0.330. The number of hydrogen-bond acceptors (Lipinski definition) is 5. The number of ether oxygens (including phenoxy) is 2. The van der Waals surface area contributed by atoms with Crippen LogP contribution in [0.15, 0.2) is 95.9 Å². The fourth-order valence-electron chi connectivity index (χ4n) is 6.55. The largest absolute Gasteiger partial charge is 0.497 e. The molecule has 0 saturated heterocycles. The van der Waals surface area contributed by atoms with Gasteiger partial charge in [0.15, 0.2) is 0 Å². The number of benzene rings is 3.